The number of ether oxygens (including phenoxy) is 2. The molecule has 72 heavy (non-hydrogen) atoms. The largest absolute Gasteiger partial charge is 0.472 e. The number of carbonyl (C=O) groups excluding carboxylic acids is 2. The number of allylic oxidation sites excluding steroid dienone is 16. The molecule has 414 valence electrons. The van der Waals surface area contributed by atoms with Crippen molar-refractivity contribution in [2.24, 2.45) is 0 Å². The molecule has 2 unspecified atom stereocenters. The van der Waals surface area contributed by atoms with E-state index >= 15 is 0 Å². The monoisotopic (exact) mass is 1030 g/mol. The Morgan fingerprint density at radius 1 is 0.444 bits per heavy atom. The van der Waals surface area contributed by atoms with E-state index in [1.54, 1.807) is 0 Å². The van der Waals surface area contributed by atoms with E-state index in [1.807, 2.05) is 21.1 Å². The van der Waals surface area contributed by atoms with Gasteiger partial charge in [-0.15, -0.1) is 0 Å². The van der Waals surface area contributed by atoms with Crippen molar-refractivity contribution in [1.29, 1.82) is 0 Å². The number of quaternary nitrogens is 1. The van der Waals surface area contributed by atoms with E-state index in [0.29, 0.717) is 17.4 Å². The van der Waals surface area contributed by atoms with Gasteiger partial charge in [0, 0.05) is 12.8 Å². The average molecular weight is 1030 g/mol. The molecular weight excluding hydrogens is 918 g/mol. The van der Waals surface area contributed by atoms with Crippen molar-refractivity contribution in [2.75, 3.05) is 47.5 Å². The third-order valence-electron chi connectivity index (χ3n) is 12.1. The van der Waals surface area contributed by atoms with Crippen LogP contribution in [0.4, 0.5) is 0 Å². The van der Waals surface area contributed by atoms with E-state index in [0.717, 1.165) is 103 Å². The maximum atomic E-state index is 12.8. The van der Waals surface area contributed by atoms with Gasteiger partial charge in [-0.3, -0.25) is 18.6 Å². The first-order chi connectivity index (χ1) is 35.0. The summed E-state index contributed by atoms with van der Waals surface area (Å²) >= 11 is 0. The molecule has 0 aliphatic rings. The highest BCUT2D eigenvalue weighted by molar-refractivity contribution is 7.47. The van der Waals surface area contributed by atoms with Crippen molar-refractivity contribution < 1.29 is 42.1 Å². The van der Waals surface area contributed by atoms with E-state index in [2.05, 4.69) is 111 Å². The first-order valence-corrected chi connectivity index (χ1v) is 30.5. The molecule has 2 atom stereocenters. The average Bonchev–Trinajstić information content (AvgIpc) is 3.34. The quantitative estimate of drug-likeness (QED) is 0.0211. The predicted molar refractivity (Wildman–Crippen MR) is 307 cm³/mol. The molecule has 0 amide bonds. The van der Waals surface area contributed by atoms with Crippen LogP contribution in [-0.2, 0) is 32.7 Å². The van der Waals surface area contributed by atoms with Crippen LogP contribution in [0.3, 0.4) is 0 Å². The van der Waals surface area contributed by atoms with Gasteiger partial charge < -0.3 is 18.9 Å². The van der Waals surface area contributed by atoms with Gasteiger partial charge in [-0.2, -0.15) is 0 Å². The lowest BCUT2D eigenvalue weighted by Crippen LogP contribution is -2.37. The summed E-state index contributed by atoms with van der Waals surface area (Å²) in [4.78, 5) is 35.6. The zero-order valence-corrected chi connectivity index (χ0v) is 47.8. The van der Waals surface area contributed by atoms with Crippen molar-refractivity contribution in [3.05, 3.63) is 97.2 Å². The smallest absolute Gasteiger partial charge is 0.462 e. The lowest BCUT2D eigenvalue weighted by Gasteiger charge is -2.24. The first kappa shape index (κ1) is 68.9. The number of likely N-dealkylation sites (N-methyl/N-ethyl adjacent to an activating group) is 1. The van der Waals surface area contributed by atoms with Crippen LogP contribution in [0.15, 0.2) is 97.2 Å². The maximum Gasteiger partial charge on any atom is 0.472 e. The number of carbonyl (C=O) groups is 2. The summed E-state index contributed by atoms with van der Waals surface area (Å²) in [5.74, 6) is -0.811. The fourth-order valence-corrected chi connectivity index (χ4v) is 8.38. The van der Waals surface area contributed by atoms with Crippen LogP contribution >= 0.6 is 7.82 Å². The Hall–Kier alpha value is -3.07. The van der Waals surface area contributed by atoms with Gasteiger partial charge in [0.2, 0.25) is 0 Å². The molecule has 0 spiro atoms. The Labute approximate surface area is 443 Å². The highest BCUT2D eigenvalue weighted by Crippen LogP contribution is 2.43. The van der Waals surface area contributed by atoms with Crippen LogP contribution in [0.2, 0.25) is 0 Å². The number of rotatable bonds is 52. The fraction of sp³-hybridized carbons (Fsp3) is 0.710. The van der Waals surface area contributed by atoms with E-state index in [1.165, 1.54) is 96.3 Å². The molecule has 0 fully saturated rings. The number of phosphoric ester groups is 1. The molecule has 0 aliphatic carbocycles. The highest BCUT2D eigenvalue weighted by Gasteiger charge is 2.27. The van der Waals surface area contributed by atoms with Crippen molar-refractivity contribution in [3.63, 3.8) is 0 Å². The molecule has 0 aliphatic heterocycles. The number of nitrogens with zero attached hydrogens (tertiary/aromatic N) is 1. The number of hydrogen-bond donors (Lipinski definition) is 1. The van der Waals surface area contributed by atoms with Crippen molar-refractivity contribution in [1.82, 2.24) is 0 Å². The van der Waals surface area contributed by atoms with E-state index in [-0.39, 0.29) is 32.0 Å². The van der Waals surface area contributed by atoms with Crippen LogP contribution in [0.5, 0.6) is 0 Å². The summed E-state index contributed by atoms with van der Waals surface area (Å²) in [5, 5.41) is 0. The Balaban J connectivity index is 4.07. The predicted octanol–water partition coefficient (Wildman–Crippen LogP) is 18.0. The molecular formula is C62H109NO8P+. The maximum absolute atomic E-state index is 12.8. The van der Waals surface area contributed by atoms with Gasteiger partial charge in [0.1, 0.15) is 19.8 Å². The molecule has 0 rings (SSSR count). The van der Waals surface area contributed by atoms with Gasteiger partial charge in [0.15, 0.2) is 6.10 Å². The minimum atomic E-state index is -4.39. The highest BCUT2D eigenvalue weighted by atomic mass is 31.2. The van der Waals surface area contributed by atoms with Gasteiger partial charge >= 0.3 is 19.8 Å². The van der Waals surface area contributed by atoms with Gasteiger partial charge in [-0.1, -0.05) is 220 Å². The lowest BCUT2D eigenvalue weighted by molar-refractivity contribution is -0.870. The van der Waals surface area contributed by atoms with Crippen LogP contribution in [0, 0.1) is 0 Å². The Morgan fingerprint density at radius 3 is 1.19 bits per heavy atom. The first-order valence-electron chi connectivity index (χ1n) is 29.0. The molecule has 0 radical (unpaired) electrons. The molecule has 0 aromatic heterocycles. The minimum Gasteiger partial charge on any atom is -0.462 e. The van der Waals surface area contributed by atoms with Gasteiger partial charge in [0.25, 0.3) is 0 Å². The van der Waals surface area contributed by atoms with E-state index in [9.17, 15) is 19.0 Å². The van der Waals surface area contributed by atoms with Crippen LogP contribution in [-0.4, -0.2) is 74.9 Å². The number of phosphoric acid groups is 1. The van der Waals surface area contributed by atoms with Crippen LogP contribution in [0.25, 0.3) is 0 Å². The molecule has 10 heteroatoms. The van der Waals surface area contributed by atoms with Gasteiger partial charge in [-0.25, -0.2) is 4.57 Å². The zero-order chi connectivity index (χ0) is 52.7. The normalized spacial score (nSPS) is 14.0. The van der Waals surface area contributed by atoms with Crippen molar-refractivity contribution >= 4 is 19.8 Å². The molecule has 0 saturated heterocycles. The summed E-state index contributed by atoms with van der Waals surface area (Å²) < 4.78 is 34.5. The van der Waals surface area contributed by atoms with Gasteiger partial charge in [-0.05, 0) is 96.3 Å². The Morgan fingerprint density at radius 2 is 0.792 bits per heavy atom. The summed E-state index contributed by atoms with van der Waals surface area (Å²) in [6.07, 6.45) is 72.0. The van der Waals surface area contributed by atoms with Crippen molar-refractivity contribution in [2.45, 2.75) is 238 Å². The summed E-state index contributed by atoms with van der Waals surface area (Å²) in [6, 6.07) is 0. The summed E-state index contributed by atoms with van der Waals surface area (Å²) in [5.41, 5.74) is 0. The standard InChI is InChI=1S/C62H108NO8P/c1-6-8-10-12-14-16-18-20-21-22-23-24-25-26-27-28-29-30-31-32-33-34-35-36-37-38-39-40-41-43-45-47-49-51-53-55-62(65)71-60(59-70-72(66,67)69-57-56-63(3,4)5)58-68-61(64)54-52-50-48-46-44-42-19-17-15-13-11-9-7-2/h8,10,14,16-17,19-21,23-24,26-27,29-30,32-33,60H,6-7,9,11-13,15,18,22,25,28,31,34-59H2,1-5H3/p+1/b10-8-,16-14-,19-17-,21-20-,24-23-,27-26-,30-29-,33-32-. The molecule has 1 N–H and O–H groups in total. The van der Waals surface area contributed by atoms with Crippen LogP contribution < -0.4 is 0 Å². The van der Waals surface area contributed by atoms with E-state index < -0.39 is 26.5 Å². The second-order valence-corrected chi connectivity index (χ2v) is 21.7. The number of unbranched alkanes of at least 4 members (excludes halogenated alkanes) is 22. The van der Waals surface area contributed by atoms with Crippen LogP contribution in [0.1, 0.15) is 232 Å². The topological polar surface area (TPSA) is 108 Å². The summed E-state index contributed by atoms with van der Waals surface area (Å²) in [6.45, 7) is 4.29. The Kier molecular flexibility index (Phi) is 50.5. The number of hydrogen-bond acceptors (Lipinski definition) is 7. The molecule has 0 heterocycles. The third-order valence-corrected chi connectivity index (χ3v) is 13.1. The lowest BCUT2D eigenvalue weighted by atomic mass is 10.0. The molecule has 0 bridgehead atoms. The SMILES string of the molecule is CC/C=C\C/C=C\C/C=C\C/C=C\C/C=C\C/C=C\C/C=C\CCCCCCCCCCCCCCCC(=O)OC(COC(=O)CCCCCCC/C=C\CCCCCC)COP(=O)(O)OCC[N+](C)(C)C. The second kappa shape index (κ2) is 52.8. The zero-order valence-electron chi connectivity index (χ0n) is 46.9. The molecule has 0 aromatic carbocycles. The van der Waals surface area contributed by atoms with E-state index in [4.69, 9.17) is 18.5 Å². The second-order valence-electron chi connectivity index (χ2n) is 20.3. The molecule has 0 aromatic rings. The van der Waals surface area contributed by atoms with Crippen molar-refractivity contribution in [3.8, 4) is 0 Å². The summed E-state index contributed by atoms with van der Waals surface area (Å²) in [7, 11) is 1.47. The fourth-order valence-electron chi connectivity index (χ4n) is 7.64. The molecule has 0 saturated carbocycles. The third kappa shape index (κ3) is 56.2. The Bertz CT molecular complexity index is 1540. The minimum absolute atomic E-state index is 0.0271. The van der Waals surface area contributed by atoms with Gasteiger partial charge in [0.05, 0.1) is 27.7 Å². The molecule has 9 nitrogen and oxygen atoms in total. The number of esters is 2.